The van der Waals surface area contributed by atoms with E-state index in [-0.39, 0.29) is 6.04 Å². The van der Waals surface area contributed by atoms with Crippen molar-refractivity contribution in [1.29, 1.82) is 0 Å². The number of hydrogen-bond acceptors (Lipinski definition) is 3. The third kappa shape index (κ3) is 2.33. The third-order valence-electron chi connectivity index (χ3n) is 2.85. The van der Waals surface area contributed by atoms with Crippen molar-refractivity contribution in [2.75, 3.05) is 12.3 Å². The summed E-state index contributed by atoms with van der Waals surface area (Å²) in [6, 6.07) is 5.76. The van der Waals surface area contributed by atoms with Crippen molar-refractivity contribution in [3.05, 3.63) is 28.2 Å². The monoisotopic (exact) mass is 270 g/mol. The molecule has 4 heteroatoms. The van der Waals surface area contributed by atoms with E-state index in [0.717, 1.165) is 29.4 Å². The normalized spacial score (nSPS) is 22.9. The lowest BCUT2D eigenvalue weighted by Crippen LogP contribution is -2.29. The van der Waals surface area contributed by atoms with Crippen molar-refractivity contribution in [3.8, 4) is 0 Å². The van der Waals surface area contributed by atoms with Gasteiger partial charge in [0.2, 0.25) is 0 Å². The Labute approximate surface area is 97.8 Å². The standard InChI is InChI=1S/C11H15BrN2O/c12-7-3-4-8(9(13)6-7)11(15)10-2-1-5-14-10/h3-4,6,10-11,14-15H,1-2,5,13H2. The maximum absolute atomic E-state index is 10.1. The SMILES string of the molecule is Nc1cc(Br)ccc1C(O)C1CCCN1. The average molecular weight is 271 g/mol. The van der Waals surface area contributed by atoms with Gasteiger partial charge in [-0.25, -0.2) is 0 Å². The molecular formula is C11H15BrN2O. The molecule has 1 aromatic carbocycles. The molecule has 0 aliphatic carbocycles. The summed E-state index contributed by atoms with van der Waals surface area (Å²) in [6.07, 6.45) is 1.63. The van der Waals surface area contributed by atoms with Gasteiger partial charge in [0.05, 0.1) is 6.10 Å². The molecule has 15 heavy (non-hydrogen) atoms. The molecule has 2 unspecified atom stereocenters. The van der Waals surface area contributed by atoms with Crippen LogP contribution in [0.1, 0.15) is 24.5 Å². The van der Waals surface area contributed by atoms with E-state index in [1.807, 2.05) is 18.2 Å². The van der Waals surface area contributed by atoms with Crippen LogP contribution < -0.4 is 11.1 Å². The predicted molar refractivity (Wildman–Crippen MR) is 64.5 cm³/mol. The molecule has 0 radical (unpaired) electrons. The van der Waals surface area contributed by atoms with Gasteiger partial charge in [0.15, 0.2) is 0 Å². The average Bonchev–Trinajstić information content (AvgIpc) is 2.69. The first kappa shape index (κ1) is 10.9. The molecular weight excluding hydrogens is 256 g/mol. The highest BCUT2D eigenvalue weighted by atomic mass is 79.9. The van der Waals surface area contributed by atoms with Crippen molar-refractivity contribution in [3.63, 3.8) is 0 Å². The number of nitrogens with one attached hydrogen (secondary N) is 1. The summed E-state index contributed by atoms with van der Waals surface area (Å²) in [5.74, 6) is 0. The fraction of sp³-hybridized carbons (Fsp3) is 0.455. The lowest BCUT2D eigenvalue weighted by atomic mass is 10.00. The van der Waals surface area contributed by atoms with Crippen molar-refractivity contribution in [2.45, 2.75) is 25.0 Å². The van der Waals surface area contributed by atoms with E-state index in [1.165, 1.54) is 0 Å². The number of hydrogen-bond donors (Lipinski definition) is 3. The van der Waals surface area contributed by atoms with Crippen LogP contribution >= 0.6 is 15.9 Å². The Balaban J connectivity index is 2.20. The zero-order chi connectivity index (χ0) is 10.8. The fourth-order valence-electron chi connectivity index (χ4n) is 2.01. The van der Waals surface area contributed by atoms with E-state index in [4.69, 9.17) is 5.73 Å². The van der Waals surface area contributed by atoms with E-state index in [2.05, 4.69) is 21.2 Å². The quantitative estimate of drug-likeness (QED) is 0.719. The molecule has 1 fully saturated rings. The van der Waals surface area contributed by atoms with E-state index < -0.39 is 6.10 Å². The Morgan fingerprint density at radius 2 is 2.33 bits per heavy atom. The molecule has 0 spiro atoms. The van der Waals surface area contributed by atoms with Gasteiger partial charge in [0.1, 0.15) is 0 Å². The largest absolute Gasteiger partial charge is 0.398 e. The smallest absolute Gasteiger partial charge is 0.0962 e. The molecule has 0 saturated carbocycles. The van der Waals surface area contributed by atoms with Crippen LogP contribution in [0.5, 0.6) is 0 Å². The maximum atomic E-state index is 10.1. The van der Waals surface area contributed by atoms with Gasteiger partial charge in [-0.3, -0.25) is 0 Å². The van der Waals surface area contributed by atoms with Crippen LogP contribution in [0.4, 0.5) is 5.69 Å². The fourth-order valence-corrected chi connectivity index (χ4v) is 2.39. The van der Waals surface area contributed by atoms with Gasteiger partial charge in [-0.1, -0.05) is 22.0 Å². The third-order valence-corrected chi connectivity index (χ3v) is 3.34. The van der Waals surface area contributed by atoms with Crippen molar-refractivity contribution >= 4 is 21.6 Å². The minimum atomic E-state index is -0.499. The summed E-state index contributed by atoms with van der Waals surface area (Å²) >= 11 is 3.35. The topological polar surface area (TPSA) is 58.3 Å². The Kier molecular flexibility index (Phi) is 3.29. The van der Waals surface area contributed by atoms with Crippen LogP contribution in [0.15, 0.2) is 22.7 Å². The van der Waals surface area contributed by atoms with Crippen LogP contribution in [0.3, 0.4) is 0 Å². The highest BCUT2D eigenvalue weighted by Gasteiger charge is 2.25. The lowest BCUT2D eigenvalue weighted by Gasteiger charge is -2.20. The zero-order valence-electron chi connectivity index (χ0n) is 8.41. The van der Waals surface area contributed by atoms with Crippen molar-refractivity contribution in [2.24, 2.45) is 0 Å². The van der Waals surface area contributed by atoms with E-state index in [0.29, 0.717) is 5.69 Å². The van der Waals surface area contributed by atoms with Crippen molar-refractivity contribution < 1.29 is 5.11 Å². The van der Waals surface area contributed by atoms with Gasteiger partial charge in [0, 0.05) is 21.8 Å². The highest BCUT2D eigenvalue weighted by molar-refractivity contribution is 9.10. The van der Waals surface area contributed by atoms with Gasteiger partial charge < -0.3 is 16.2 Å². The number of rotatable bonds is 2. The molecule has 1 aliphatic heterocycles. The molecule has 1 aromatic rings. The Bertz CT molecular complexity index is 350. The van der Waals surface area contributed by atoms with Gasteiger partial charge in [-0.15, -0.1) is 0 Å². The van der Waals surface area contributed by atoms with Crippen molar-refractivity contribution in [1.82, 2.24) is 5.32 Å². The summed E-state index contributed by atoms with van der Waals surface area (Å²) in [5, 5.41) is 13.4. The molecule has 1 saturated heterocycles. The summed E-state index contributed by atoms with van der Waals surface area (Å²) in [7, 11) is 0. The van der Waals surface area contributed by atoms with Crippen LogP contribution in [0.25, 0.3) is 0 Å². The maximum Gasteiger partial charge on any atom is 0.0962 e. The van der Waals surface area contributed by atoms with E-state index >= 15 is 0 Å². The molecule has 0 amide bonds. The zero-order valence-corrected chi connectivity index (χ0v) is 10.00. The second kappa shape index (κ2) is 4.51. The van der Waals surface area contributed by atoms with Crippen LogP contribution in [0, 0.1) is 0 Å². The second-order valence-electron chi connectivity index (χ2n) is 3.92. The first-order valence-electron chi connectivity index (χ1n) is 5.15. The summed E-state index contributed by atoms with van der Waals surface area (Å²) in [4.78, 5) is 0. The second-order valence-corrected chi connectivity index (χ2v) is 4.84. The Morgan fingerprint density at radius 1 is 1.53 bits per heavy atom. The van der Waals surface area contributed by atoms with Gasteiger partial charge in [-0.05, 0) is 31.5 Å². The van der Waals surface area contributed by atoms with Crippen LogP contribution in [0.2, 0.25) is 0 Å². The first-order chi connectivity index (χ1) is 7.18. The Morgan fingerprint density at radius 3 is 2.93 bits per heavy atom. The lowest BCUT2D eigenvalue weighted by molar-refractivity contribution is 0.138. The summed E-state index contributed by atoms with van der Waals surface area (Å²) in [5.41, 5.74) is 7.33. The van der Waals surface area contributed by atoms with Crippen LogP contribution in [-0.4, -0.2) is 17.7 Å². The first-order valence-corrected chi connectivity index (χ1v) is 5.94. The molecule has 4 N–H and O–H groups in total. The predicted octanol–water partition coefficient (Wildman–Crippen LogP) is 1.82. The highest BCUT2D eigenvalue weighted by Crippen LogP contribution is 2.29. The number of halogens is 1. The molecule has 3 nitrogen and oxygen atoms in total. The number of anilines is 1. The summed E-state index contributed by atoms with van der Waals surface area (Å²) < 4.78 is 0.940. The Hall–Kier alpha value is -0.580. The number of nitrogen functional groups attached to an aromatic ring is 1. The van der Waals surface area contributed by atoms with E-state index in [1.54, 1.807) is 0 Å². The molecule has 2 rings (SSSR count). The number of benzene rings is 1. The molecule has 2 atom stereocenters. The minimum absolute atomic E-state index is 0.147. The molecule has 0 bridgehead atoms. The minimum Gasteiger partial charge on any atom is -0.398 e. The van der Waals surface area contributed by atoms with E-state index in [9.17, 15) is 5.11 Å². The summed E-state index contributed by atoms with van der Waals surface area (Å²) in [6.45, 7) is 0.984. The molecule has 1 aliphatic rings. The molecule has 0 aromatic heterocycles. The van der Waals surface area contributed by atoms with Gasteiger partial charge in [-0.2, -0.15) is 0 Å². The number of aliphatic hydroxyl groups excluding tert-OH is 1. The van der Waals surface area contributed by atoms with Crippen LogP contribution in [-0.2, 0) is 0 Å². The van der Waals surface area contributed by atoms with Gasteiger partial charge >= 0.3 is 0 Å². The molecule has 1 heterocycles. The number of aliphatic hydroxyl groups is 1. The molecule has 82 valence electrons. The number of nitrogens with two attached hydrogens (primary N) is 1. The van der Waals surface area contributed by atoms with Gasteiger partial charge in [0.25, 0.3) is 0 Å².